The number of carbonyl (C=O) groups excluding carboxylic acids is 1. The summed E-state index contributed by atoms with van der Waals surface area (Å²) in [5.74, 6) is -11.4. The number of hydrogen-bond donors (Lipinski definition) is 0. The fourth-order valence-electron chi connectivity index (χ4n) is 3.10. The van der Waals surface area contributed by atoms with Gasteiger partial charge in [-0.25, -0.2) is 22.0 Å². The Balaban J connectivity index is 1.79. The zero-order valence-corrected chi connectivity index (χ0v) is 14.9. The molecule has 0 bridgehead atoms. The van der Waals surface area contributed by atoms with Crippen LogP contribution in [0.1, 0.15) is 17.3 Å². The van der Waals surface area contributed by atoms with Crippen molar-refractivity contribution in [2.24, 2.45) is 0 Å². The fraction of sp³-hybridized carbons (Fsp3) is 0.316. The van der Waals surface area contributed by atoms with Crippen LogP contribution >= 0.6 is 0 Å². The van der Waals surface area contributed by atoms with Gasteiger partial charge in [-0.1, -0.05) is 12.1 Å². The van der Waals surface area contributed by atoms with Gasteiger partial charge in [0.15, 0.2) is 23.3 Å². The SMILES string of the molecule is CCOc1ccccc1N1CCN(C(=O)c2c(F)c(F)c(F)c(F)c2F)CC1. The summed E-state index contributed by atoms with van der Waals surface area (Å²) in [6.45, 7) is 3.04. The first kappa shape index (κ1) is 19.9. The molecule has 0 unspecified atom stereocenters. The summed E-state index contributed by atoms with van der Waals surface area (Å²) in [5, 5.41) is 0. The molecule has 0 aromatic heterocycles. The highest BCUT2D eigenvalue weighted by Gasteiger charge is 2.33. The summed E-state index contributed by atoms with van der Waals surface area (Å²) in [7, 11) is 0. The number of hydrogen-bond acceptors (Lipinski definition) is 3. The second-order valence-electron chi connectivity index (χ2n) is 6.12. The Labute approximate surface area is 158 Å². The van der Waals surface area contributed by atoms with Crippen LogP contribution in [0.4, 0.5) is 27.6 Å². The molecule has 150 valence electrons. The number of nitrogens with zero attached hydrogens (tertiary/aromatic N) is 2. The molecule has 0 atom stereocenters. The molecular formula is C19H17F5N2O2. The second-order valence-corrected chi connectivity index (χ2v) is 6.12. The maximum Gasteiger partial charge on any atom is 0.260 e. The summed E-state index contributed by atoms with van der Waals surface area (Å²) < 4.78 is 73.3. The summed E-state index contributed by atoms with van der Waals surface area (Å²) in [4.78, 5) is 15.4. The van der Waals surface area contributed by atoms with Crippen molar-refractivity contribution in [1.82, 2.24) is 4.90 Å². The second kappa shape index (κ2) is 8.04. The zero-order chi connectivity index (χ0) is 20.4. The van der Waals surface area contributed by atoms with E-state index in [-0.39, 0.29) is 13.1 Å². The number of carbonyl (C=O) groups is 1. The summed E-state index contributed by atoms with van der Waals surface area (Å²) >= 11 is 0. The number of rotatable bonds is 4. The van der Waals surface area contributed by atoms with Crippen molar-refractivity contribution in [3.8, 4) is 5.75 Å². The number of halogens is 5. The third-order valence-electron chi connectivity index (χ3n) is 4.50. The molecule has 1 aliphatic rings. The quantitative estimate of drug-likeness (QED) is 0.445. The van der Waals surface area contributed by atoms with Gasteiger partial charge in [0.05, 0.1) is 12.3 Å². The van der Waals surface area contributed by atoms with Gasteiger partial charge in [0, 0.05) is 26.2 Å². The first-order valence-corrected chi connectivity index (χ1v) is 8.64. The van der Waals surface area contributed by atoms with Crippen LogP contribution in [0, 0.1) is 29.1 Å². The Morgan fingerprint density at radius 1 is 0.893 bits per heavy atom. The van der Waals surface area contributed by atoms with E-state index < -0.39 is 40.6 Å². The van der Waals surface area contributed by atoms with Gasteiger partial charge >= 0.3 is 0 Å². The number of para-hydroxylation sites is 2. The number of benzene rings is 2. The van der Waals surface area contributed by atoms with E-state index in [4.69, 9.17) is 4.74 Å². The standard InChI is InChI=1S/C19H17F5N2O2/c1-2-28-12-6-4-3-5-11(12)25-7-9-26(10-8-25)19(27)13-14(20)16(22)18(24)17(23)15(13)21/h3-6H,2,7-10H2,1H3. The molecule has 2 aromatic carbocycles. The Bertz CT molecular complexity index is 869. The van der Waals surface area contributed by atoms with Gasteiger partial charge in [-0.15, -0.1) is 0 Å². The van der Waals surface area contributed by atoms with Gasteiger partial charge in [-0.2, -0.15) is 0 Å². The number of anilines is 1. The molecule has 0 spiro atoms. The normalized spacial score (nSPS) is 14.4. The van der Waals surface area contributed by atoms with Crippen LogP contribution in [0.25, 0.3) is 0 Å². The van der Waals surface area contributed by atoms with Crippen molar-refractivity contribution in [3.05, 3.63) is 58.9 Å². The van der Waals surface area contributed by atoms with Gasteiger partial charge in [0.1, 0.15) is 11.3 Å². The van der Waals surface area contributed by atoms with Crippen molar-refractivity contribution in [2.75, 3.05) is 37.7 Å². The van der Waals surface area contributed by atoms with E-state index in [0.717, 1.165) is 10.6 Å². The van der Waals surface area contributed by atoms with Crippen LogP contribution in [-0.4, -0.2) is 43.6 Å². The molecule has 28 heavy (non-hydrogen) atoms. The molecule has 1 heterocycles. The minimum Gasteiger partial charge on any atom is -0.492 e. The van der Waals surface area contributed by atoms with E-state index in [1.807, 2.05) is 30.0 Å². The Morgan fingerprint density at radius 3 is 2.00 bits per heavy atom. The Hall–Kier alpha value is -2.84. The summed E-state index contributed by atoms with van der Waals surface area (Å²) in [6, 6.07) is 7.28. The highest BCUT2D eigenvalue weighted by molar-refractivity contribution is 5.95. The van der Waals surface area contributed by atoms with E-state index in [2.05, 4.69) is 0 Å². The lowest BCUT2D eigenvalue weighted by atomic mass is 10.1. The van der Waals surface area contributed by atoms with Crippen molar-refractivity contribution in [2.45, 2.75) is 6.92 Å². The third-order valence-corrected chi connectivity index (χ3v) is 4.50. The number of ether oxygens (including phenoxy) is 1. The third kappa shape index (κ3) is 3.48. The zero-order valence-electron chi connectivity index (χ0n) is 14.9. The molecule has 2 aromatic rings. The first-order valence-electron chi connectivity index (χ1n) is 8.64. The molecule has 9 heteroatoms. The van der Waals surface area contributed by atoms with Crippen molar-refractivity contribution in [3.63, 3.8) is 0 Å². The van der Waals surface area contributed by atoms with Crippen molar-refractivity contribution in [1.29, 1.82) is 0 Å². The van der Waals surface area contributed by atoms with Gasteiger partial charge in [-0.05, 0) is 19.1 Å². The number of amides is 1. The van der Waals surface area contributed by atoms with Gasteiger partial charge in [-0.3, -0.25) is 4.79 Å². The van der Waals surface area contributed by atoms with Gasteiger partial charge in [0.25, 0.3) is 5.91 Å². The lowest BCUT2D eigenvalue weighted by molar-refractivity contribution is 0.0733. The van der Waals surface area contributed by atoms with E-state index >= 15 is 0 Å². The Morgan fingerprint density at radius 2 is 1.43 bits per heavy atom. The summed E-state index contributed by atoms with van der Waals surface area (Å²) in [5.41, 5.74) is -0.632. The molecule has 1 amide bonds. The molecule has 0 aliphatic carbocycles. The van der Waals surface area contributed by atoms with Crippen LogP contribution in [0.15, 0.2) is 24.3 Å². The van der Waals surface area contributed by atoms with Crippen LogP contribution in [0.2, 0.25) is 0 Å². The smallest absolute Gasteiger partial charge is 0.260 e. The topological polar surface area (TPSA) is 32.8 Å². The predicted octanol–water partition coefficient (Wildman–Crippen LogP) is 3.74. The predicted molar refractivity (Wildman–Crippen MR) is 92.0 cm³/mol. The van der Waals surface area contributed by atoms with Gasteiger partial charge in [0.2, 0.25) is 5.82 Å². The van der Waals surface area contributed by atoms with Gasteiger partial charge < -0.3 is 14.5 Å². The number of piperazine rings is 1. The molecule has 1 fully saturated rings. The van der Waals surface area contributed by atoms with Crippen LogP contribution in [0.3, 0.4) is 0 Å². The minimum absolute atomic E-state index is 0.0544. The van der Waals surface area contributed by atoms with E-state index in [1.165, 1.54) is 0 Å². The molecule has 3 rings (SSSR count). The van der Waals surface area contributed by atoms with E-state index in [1.54, 1.807) is 6.07 Å². The maximum absolute atomic E-state index is 13.9. The largest absolute Gasteiger partial charge is 0.492 e. The molecule has 0 saturated carbocycles. The highest BCUT2D eigenvalue weighted by atomic mass is 19.2. The average Bonchev–Trinajstić information content (AvgIpc) is 2.71. The van der Waals surface area contributed by atoms with Crippen LogP contribution in [0.5, 0.6) is 5.75 Å². The molecule has 4 nitrogen and oxygen atoms in total. The monoisotopic (exact) mass is 400 g/mol. The van der Waals surface area contributed by atoms with E-state index in [0.29, 0.717) is 25.4 Å². The Kier molecular flexibility index (Phi) is 5.71. The lowest BCUT2D eigenvalue weighted by Gasteiger charge is -2.36. The van der Waals surface area contributed by atoms with E-state index in [9.17, 15) is 26.7 Å². The maximum atomic E-state index is 13.9. The van der Waals surface area contributed by atoms with Crippen molar-refractivity contribution >= 4 is 11.6 Å². The molecule has 0 N–H and O–H groups in total. The van der Waals surface area contributed by atoms with Crippen molar-refractivity contribution < 1.29 is 31.5 Å². The molecule has 1 aliphatic heterocycles. The average molecular weight is 400 g/mol. The minimum atomic E-state index is -2.29. The fourth-order valence-corrected chi connectivity index (χ4v) is 3.10. The highest BCUT2D eigenvalue weighted by Crippen LogP contribution is 2.30. The molecular weight excluding hydrogens is 383 g/mol. The lowest BCUT2D eigenvalue weighted by Crippen LogP contribution is -2.49. The van der Waals surface area contributed by atoms with Crippen LogP contribution < -0.4 is 9.64 Å². The van der Waals surface area contributed by atoms with Crippen LogP contribution in [-0.2, 0) is 0 Å². The first-order chi connectivity index (χ1) is 13.4. The molecule has 1 saturated heterocycles. The molecule has 0 radical (unpaired) electrons. The summed E-state index contributed by atoms with van der Waals surface area (Å²) in [6.07, 6.45) is 0.